The van der Waals surface area contributed by atoms with Crippen molar-refractivity contribution in [2.45, 2.75) is 118 Å². The molecule has 6 aliphatic rings. The Morgan fingerprint density at radius 3 is 2.13 bits per heavy atom. The molecule has 311 valence electrons. The van der Waals surface area contributed by atoms with Gasteiger partial charge in [-0.25, -0.2) is 0 Å². The molecular formula is C59H62BN2. The summed E-state index contributed by atoms with van der Waals surface area (Å²) in [6.45, 7) is 26.2. The number of rotatable bonds is 4. The fourth-order valence-corrected chi connectivity index (χ4v) is 12.0. The second-order valence-electron chi connectivity index (χ2n) is 21.3. The van der Waals surface area contributed by atoms with Crippen molar-refractivity contribution in [2.75, 3.05) is 5.32 Å². The second kappa shape index (κ2) is 14.2. The van der Waals surface area contributed by atoms with Gasteiger partial charge in [0.1, 0.15) is 0 Å². The van der Waals surface area contributed by atoms with Gasteiger partial charge in [-0.05, 0) is 172 Å². The summed E-state index contributed by atoms with van der Waals surface area (Å²) in [4.78, 5) is 0. The van der Waals surface area contributed by atoms with Crippen molar-refractivity contribution >= 4 is 29.7 Å². The van der Waals surface area contributed by atoms with Gasteiger partial charge in [0.2, 0.25) is 0 Å². The molecule has 3 aliphatic heterocycles. The monoisotopic (exact) mass is 810 g/mol. The Morgan fingerprint density at radius 2 is 1.35 bits per heavy atom. The van der Waals surface area contributed by atoms with Gasteiger partial charge in [-0.3, -0.25) is 0 Å². The smallest absolute Gasteiger partial charge is 0.194 e. The van der Waals surface area contributed by atoms with Gasteiger partial charge in [0.25, 0.3) is 0 Å². The van der Waals surface area contributed by atoms with Gasteiger partial charge in [0.15, 0.2) is 7.28 Å². The first-order chi connectivity index (χ1) is 29.5. The Bertz CT molecular complexity index is 2880. The van der Waals surface area contributed by atoms with Gasteiger partial charge in [0, 0.05) is 27.8 Å². The Balaban J connectivity index is 1.29. The van der Waals surface area contributed by atoms with E-state index in [2.05, 4.69) is 210 Å². The van der Waals surface area contributed by atoms with Crippen molar-refractivity contribution in [1.82, 2.24) is 5.32 Å². The Morgan fingerprint density at radius 1 is 0.645 bits per heavy atom. The van der Waals surface area contributed by atoms with Gasteiger partial charge < -0.3 is 10.6 Å². The molecule has 3 aliphatic carbocycles. The first kappa shape index (κ1) is 40.5. The molecule has 3 heteroatoms. The van der Waals surface area contributed by atoms with Crippen molar-refractivity contribution in [3.63, 3.8) is 0 Å². The Kier molecular flexibility index (Phi) is 9.31. The van der Waals surface area contributed by atoms with Crippen LogP contribution in [0.4, 0.5) is 11.4 Å². The summed E-state index contributed by atoms with van der Waals surface area (Å²) in [5.41, 5.74) is 27.1. The molecule has 0 spiro atoms. The third-order valence-electron chi connectivity index (χ3n) is 15.4. The molecule has 2 bridgehead atoms. The largest absolute Gasteiger partial charge is 0.362 e. The van der Waals surface area contributed by atoms with E-state index in [9.17, 15) is 0 Å². The van der Waals surface area contributed by atoms with Gasteiger partial charge in [-0.15, -0.1) is 0 Å². The number of benzene rings is 5. The van der Waals surface area contributed by atoms with Crippen LogP contribution in [0.25, 0.3) is 39.0 Å². The van der Waals surface area contributed by atoms with E-state index in [-0.39, 0.29) is 21.7 Å². The molecule has 0 atom stereocenters. The highest BCUT2D eigenvalue weighted by Gasteiger charge is 2.41. The molecular weight excluding hydrogens is 747 g/mol. The Hall–Kier alpha value is -5.54. The van der Waals surface area contributed by atoms with E-state index in [1.54, 1.807) is 0 Å². The molecule has 0 unspecified atom stereocenters. The van der Waals surface area contributed by atoms with E-state index in [1.807, 2.05) is 0 Å². The zero-order valence-corrected chi connectivity index (χ0v) is 38.9. The highest BCUT2D eigenvalue weighted by Crippen LogP contribution is 2.56. The lowest BCUT2D eigenvalue weighted by Gasteiger charge is -2.42. The van der Waals surface area contributed by atoms with Gasteiger partial charge in [-0.2, -0.15) is 0 Å². The molecule has 0 fully saturated rings. The van der Waals surface area contributed by atoms with Crippen LogP contribution in [0.5, 0.6) is 0 Å². The average molecular weight is 810 g/mol. The quantitative estimate of drug-likeness (QED) is 0.177. The van der Waals surface area contributed by atoms with Crippen LogP contribution in [0.15, 0.2) is 132 Å². The van der Waals surface area contributed by atoms with Crippen molar-refractivity contribution in [3.05, 3.63) is 177 Å². The zero-order chi connectivity index (χ0) is 43.5. The van der Waals surface area contributed by atoms with E-state index < -0.39 is 0 Å². The number of hydrogen-bond donors (Lipinski definition) is 2. The number of aryl methyl sites for hydroxylation is 3. The third-order valence-corrected chi connectivity index (χ3v) is 15.4. The molecule has 2 nitrogen and oxygen atoms in total. The summed E-state index contributed by atoms with van der Waals surface area (Å²) in [5.74, 6) is 0. The van der Waals surface area contributed by atoms with Gasteiger partial charge in [0.05, 0.1) is 5.69 Å². The highest BCUT2D eigenvalue weighted by atomic mass is 14.9. The van der Waals surface area contributed by atoms with Crippen LogP contribution in [0, 0.1) is 26.2 Å². The molecule has 0 aromatic heterocycles. The lowest BCUT2D eigenvalue weighted by Crippen LogP contribution is -2.33. The van der Waals surface area contributed by atoms with E-state index in [0.29, 0.717) is 0 Å². The standard InChI is InChI=1S/C59H62BN2/c1-35-29-36(2)52(37(3)30-35)38-31-44(54-45(32-38)47-21-16-17-39(60-54)34-61-51-22-15-14-20-49(51)58(47,8)9)43-25-24-42-41-18-12-13-19-46(41)59(10,11)53(42)55(43)62-40-23-26-48-50(33-40)57(6,7)28-27-56(48,4)5/h12-13,15-19,21-26,29-34,61-62H,14,20,27-28H2,1-11H3/b17-16?,39-34?,47-21+. The second-order valence-corrected chi connectivity index (χ2v) is 21.3. The maximum Gasteiger partial charge on any atom is 0.194 e. The van der Waals surface area contributed by atoms with Crippen LogP contribution in [0.2, 0.25) is 0 Å². The fraction of sp³-hybridized carbons (Fsp3) is 0.322. The predicted molar refractivity (Wildman–Crippen MR) is 267 cm³/mol. The minimum Gasteiger partial charge on any atom is -0.362 e. The predicted octanol–water partition coefficient (Wildman–Crippen LogP) is 14.7. The van der Waals surface area contributed by atoms with Crippen molar-refractivity contribution < 1.29 is 0 Å². The number of fused-ring (bicyclic) bond motifs is 6. The number of hydrogen-bond acceptors (Lipinski definition) is 2. The van der Waals surface area contributed by atoms with Crippen LogP contribution in [-0.4, -0.2) is 7.28 Å². The van der Waals surface area contributed by atoms with Crippen molar-refractivity contribution in [2.24, 2.45) is 5.41 Å². The van der Waals surface area contributed by atoms with Crippen LogP contribution in [-0.2, 0) is 16.2 Å². The normalized spacial score (nSPS) is 20.2. The maximum absolute atomic E-state index is 4.24. The Labute approximate surface area is 372 Å². The zero-order valence-electron chi connectivity index (χ0n) is 38.9. The SMILES string of the molecule is Cc1cc(C)c(-c2cc3c(c(-c4ccc5c(c4Nc4ccc6c(c4)C(C)(C)CCC6(C)C)C(C)(C)c4ccccc4-5)c2)[B]C2=CNC4=C(CCC=C4)C(C)(C)/C3=C/C=C2)c(C)c1. The van der Waals surface area contributed by atoms with Crippen LogP contribution >= 0.6 is 0 Å². The maximum atomic E-state index is 4.24. The lowest BCUT2D eigenvalue weighted by atomic mass is 9.55. The molecule has 62 heavy (non-hydrogen) atoms. The molecule has 3 heterocycles. The average Bonchev–Trinajstić information content (AvgIpc) is 3.45. The first-order valence-electron chi connectivity index (χ1n) is 23.0. The third kappa shape index (κ3) is 6.36. The number of nitrogens with one attached hydrogen (secondary N) is 2. The van der Waals surface area contributed by atoms with Crippen molar-refractivity contribution in [3.8, 4) is 33.4 Å². The summed E-state index contributed by atoms with van der Waals surface area (Å²) >= 11 is 0. The summed E-state index contributed by atoms with van der Waals surface area (Å²) < 4.78 is 0. The summed E-state index contributed by atoms with van der Waals surface area (Å²) in [5, 5.41) is 8.04. The molecule has 2 N–H and O–H groups in total. The van der Waals surface area contributed by atoms with E-state index in [0.717, 1.165) is 24.0 Å². The molecule has 11 rings (SSSR count). The molecule has 0 saturated carbocycles. The first-order valence-corrected chi connectivity index (χ1v) is 23.0. The summed E-state index contributed by atoms with van der Waals surface area (Å²) in [6.07, 6.45) is 18.2. The minimum atomic E-state index is -0.248. The van der Waals surface area contributed by atoms with Crippen LogP contribution < -0.4 is 16.1 Å². The van der Waals surface area contributed by atoms with Crippen LogP contribution in [0.1, 0.15) is 126 Å². The molecule has 1 radical (unpaired) electrons. The minimum absolute atomic E-state index is 0.0939. The highest BCUT2D eigenvalue weighted by molar-refractivity contribution is 6.65. The summed E-state index contributed by atoms with van der Waals surface area (Å²) in [6, 6.07) is 30.9. The fourth-order valence-electron chi connectivity index (χ4n) is 12.0. The van der Waals surface area contributed by atoms with Gasteiger partial charge in [-0.1, -0.05) is 151 Å². The molecule has 0 saturated heterocycles. The van der Waals surface area contributed by atoms with E-state index >= 15 is 0 Å². The molecule has 5 aromatic carbocycles. The van der Waals surface area contributed by atoms with E-state index in [1.165, 1.54) is 119 Å². The van der Waals surface area contributed by atoms with Crippen LogP contribution in [0.3, 0.4) is 0 Å². The van der Waals surface area contributed by atoms with E-state index in [4.69, 9.17) is 0 Å². The van der Waals surface area contributed by atoms with Crippen molar-refractivity contribution in [1.29, 1.82) is 0 Å². The van der Waals surface area contributed by atoms with Gasteiger partial charge >= 0.3 is 0 Å². The lowest BCUT2D eigenvalue weighted by molar-refractivity contribution is 0.332. The molecule has 5 aromatic rings. The number of anilines is 2. The summed E-state index contributed by atoms with van der Waals surface area (Å²) in [7, 11) is 2.44. The topological polar surface area (TPSA) is 24.1 Å². The molecule has 0 amide bonds. The number of allylic oxidation sites excluding steroid dienone is 8.